The molecule has 0 aromatic heterocycles. The number of hydrogen-bond donors (Lipinski definition) is 0. The van der Waals surface area contributed by atoms with E-state index in [1.54, 1.807) is 4.90 Å². The Labute approximate surface area is 154 Å². The second kappa shape index (κ2) is 7.27. The smallest absolute Gasteiger partial charge is 0.410 e. The van der Waals surface area contributed by atoms with Crippen molar-refractivity contribution in [3.05, 3.63) is 35.9 Å². The Morgan fingerprint density at radius 2 is 2.00 bits per heavy atom. The molecule has 2 aliphatic heterocycles. The number of piperidine rings is 1. The van der Waals surface area contributed by atoms with Crippen LogP contribution >= 0.6 is 0 Å². The predicted molar refractivity (Wildman–Crippen MR) is 95.5 cm³/mol. The van der Waals surface area contributed by atoms with Gasteiger partial charge in [0.25, 0.3) is 0 Å². The normalized spacial score (nSPS) is 26.0. The van der Waals surface area contributed by atoms with Crippen LogP contribution in [0.5, 0.6) is 0 Å². The van der Waals surface area contributed by atoms with Crippen LogP contribution in [-0.2, 0) is 25.6 Å². The van der Waals surface area contributed by atoms with E-state index in [0.717, 1.165) is 5.56 Å². The maximum Gasteiger partial charge on any atom is 0.410 e. The van der Waals surface area contributed by atoms with Crippen LogP contribution in [0.25, 0.3) is 0 Å². The lowest BCUT2D eigenvalue weighted by molar-refractivity contribution is -0.161. The van der Waals surface area contributed by atoms with Gasteiger partial charge in [-0.15, -0.1) is 0 Å². The molecular weight excluding hydrogens is 334 g/mol. The molecule has 1 aromatic rings. The van der Waals surface area contributed by atoms with Gasteiger partial charge in [-0.25, -0.2) is 4.79 Å². The third-order valence-electron chi connectivity index (χ3n) is 4.96. The first-order valence-corrected chi connectivity index (χ1v) is 9.11. The highest BCUT2D eigenvalue weighted by atomic mass is 16.6. The second-order valence-electron chi connectivity index (χ2n) is 8.00. The molecule has 1 spiro atoms. The minimum atomic E-state index is -0.659. The number of nitrogens with zero attached hydrogens (tertiary/aromatic N) is 1. The van der Waals surface area contributed by atoms with Gasteiger partial charge >= 0.3 is 12.1 Å². The van der Waals surface area contributed by atoms with E-state index in [1.165, 1.54) is 0 Å². The number of benzene rings is 1. The number of carbonyl (C=O) groups excluding carboxylic acids is 2. The minimum absolute atomic E-state index is 0.209. The molecule has 2 unspecified atom stereocenters. The van der Waals surface area contributed by atoms with E-state index in [4.69, 9.17) is 14.2 Å². The monoisotopic (exact) mass is 361 g/mol. The molecular formula is C20H27NO5. The van der Waals surface area contributed by atoms with E-state index in [0.29, 0.717) is 39.1 Å². The van der Waals surface area contributed by atoms with Crippen molar-refractivity contribution in [1.29, 1.82) is 0 Å². The van der Waals surface area contributed by atoms with Crippen molar-refractivity contribution >= 4 is 12.1 Å². The number of esters is 1. The van der Waals surface area contributed by atoms with Gasteiger partial charge in [0, 0.05) is 13.0 Å². The van der Waals surface area contributed by atoms with Gasteiger partial charge in [0.15, 0.2) is 0 Å². The standard InChI is InChI=1S/C20H27NO5/c1-19(2,3)26-18(23)21-11-9-20(10-12-24-17(20)22)16(13-21)25-14-15-7-5-4-6-8-15/h4-8,16H,9-14H2,1-3H3. The lowest BCUT2D eigenvalue weighted by atomic mass is 9.75. The van der Waals surface area contributed by atoms with Gasteiger partial charge in [0.2, 0.25) is 0 Å². The molecule has 2 saturated heterocycles. The zero-order chi connectivity index (χ0) is 18.8. The minimum Gasteiger partial charge on any atom is -0.465 e. The third kappa shape index (κ3) is 4.01. The van der Waals surface area contributed by atoms with Crippen molar-refractivity contribution in [2.75, 3.05) is 19.7 Å². The number of hydrogen-bond acceptors (Lipinski definition) is 5. The summed E-state index contributed by atoms with van der Waals surface area (Å²) in [6.07, 6.45) is 0.392. The molecule has 2 heterocycles. The van der Waals surface area contributed by atoms with Gasteiger partial charge in [-0.05, 0) is 32.8 Å². The number of ether oxygens (including phenoxy) is 3. The Hall–Kier alpha value is -2.08. The molecule has 1 aromatic carbocycles. The van der Waals surface area contributed by atoms with Crippen molar-refractivity contribution in [3.63, 3.8) is 0 Å². The molecule has 0 aliphatic carbocycles. The maximum atomic E-state index is 12.5. The van der Waals surface area contributed by atoms with E-state index in [9.17, 15) is 9.59 Å². The van der Waals surface area contributed by atoms with Gasteiger partial charge in [0.1, 0.15) is 11.0 Å². The van der Waals surface area contributed by atoms with Crippen LogP contribution in [0.1, 0.15) is 39.2 Å². The summed E-state index contributed by atoms with van der Waals surface area (Å²) in [6.45, 7) is 7.13. The van der Waals surface area contributed by atoms with Gasteiger partial charge in [-0.2, -0.15) is 0 Å². The fraction of sp³-hybridized carbons (Fsp3) is 0.600. The van der Waals surface area contributed by atoms with Crippen molar-refractivity contribution in [1.82, 2.24) is 4.90 Å². The SMILES string of the molecule is CC(C)(C)OC(=O)N1CCC2(CCOC2=O)C(OCc2ccccc2)C1. The first-order chi connectivity index (χ1) is 12.3. The second-order valence-corrected chi connectivity index (χ2v) is 8.00. The highest BCUT2D eigenvalue weighted by Gasteiger charge is 2.54. The van der Waals surface area contributed by atoms with Crippen LogP contribution in [0.2, 0.25) is 0 Å². The molecule has 1 amide bonds. The molecule has 6 heteroatoms. The Bertz CT molecular complexity index is 654. The number of rotatable bonds is 3. The highest BCUT2D eigenvalue weighted by Crippen LogP contribution is 2.42. The van der Waals surface area contributed by atoms with E-state index < -0.39 is 17.1 Å². The first kappa shape index (κ1) is 18.7. The number of likely N-dealkylation sites (tertiary alicyclic amines) is 1. The van der Waals surface area contributed by atoms with Crippen LogP contribution in [0.4, 0.5) is 4.79 Å². The van der Waals surface area contributed by atoms with E-state index in [2.05, 4.69) is 0 Å². The zero-order valence-corrected chi connectivity index (χ0v) is 15.7. The Kier molecular flexibility index (Phi) is 5.23. The summed E-state index contributed by atoms with van der Waals surface area (Å²) in [6, 6.07) is 9.81. The largest absolute Gasteiger partial charge is 0.465 e. The molecule has 2 fully saturated rings. The van der Waals surface area contributed by atoms with Crippen LogP contribution in [0.15, 0.2) is 30.3 Å². The van der Waals surface area contributed by atoms with Crippen LogP contribution in [0.3, 0.4) is 0 Å². The molecule has 2 atom stereocenters. The summed E-state index contributed by atoms with van der Waals surface area (Å²) in [7, 11) is 0. The van der Waals surface area contributed by atoms with Crippen LogP contribution in [0, 0.1) is 5.41 Å². The molecule has 26 heavy (non-hydrogen) atoms. The quantitative estimate of drug-likeness (QED) is 0.774. The van der Waals surface area contributed by atoms with Gasteiger partial charge in [-0.1, -0.05) is 30.3 Å². The average Bonchev–Trinajstić information content (AvgIpc) is 2.95. The fourth-order valence-corrected chi connectivity index (χ4v) is 3.53. The maximum absolute atomic E-state index is 12.5. The van der Waals surface area contributed by atoms with E-state index >= 15 is 0 Å². The van der Waals surface area contributed by atoms with Crippen molar-refractivity contribution in [2.24, 2.45) is 5.41 Å². The van der Waals surface area contributed by atoms with Crippen molar-refractivity contribution in [3.8, 4) is 0 Å². The molecule has 0 saturated carbocycles. The number of cyclic esters (lactones) is 1. The third-order valence-corrected chi connectivity index (χ3v) is 4.96. The Morgan fingerprint density at radius 3 is 2.62 bits per heavy atom. The van der Waals surface area contributed by atoms with Crippen molar-refractivity contribution in [2.45, 2.75) is 51.9 Å². The summed E-state index contributed by atoms with van der Waals surface area (Å²) in [5, 5.41) is 0. The number of carbonyl (C=O) groups is 2. The summed E-state index contributed by atoms with van der Waals surface area (Å²) >= 11 is 0. The molecule has 6 nitrogen and oxygen atoms in total. The molecule has 142 valence electrons. The predicted octanol–water partition coefficient (Wildman–Crippen LogP) is 3.15. The summed E-state index contributed by atoms with van der Waals surface area (Å²) < 4.78 is 16.9. The summed E-state index contributed by atoms with van der Waals surface area (Å²) in [5.41, 5.74) is -0.185. The first-order valence-electron chi connectivity index (χ1n) is 9.11. The molecule has 0 bridgehead atoms. The Balaban J connectivity index is 1.73. The fourth-order valence-electron chi connectivity index (χ4n) is 3.53. The topological polar surface area (TPSA) is 65.1 Å². The van der Waals surface area contributed by atoms with Crippen LogP contribution < -0.4 is 0 Å². The molecule has 3 rings (SSSR count). The lowest BCUT2D eigenvalue weighted by Gasteiger charge is -2.42. The van der Waals surface area contributed by atoms with Gasteiger partial charge < -0.3 is 19.1 Å². The van der Waals surface area contributed by atoms with E-state index in [1.807, 2.05) is 51.1 Å². The average molecular weight is 361 g/mol. The molecule has 2 aliphatic rings. The van der Waals surface area contributed by atoms with E-state index in [-0.39, 0.29) is 12.1 Å². The molecule has 0 N–H and O–H groups in total. The summed E-state index contributed by atoms with van der Waals surface area (Å²) in [5.74, 6) is -0.209. The van der Waals surface area contributed by atoms with Crippen LogP contribution in [-0.4, -0.2) is 48.4 Å². The highest BCUT2D eigenvalue weighted by molar-refractivity contribution is 5.80. The van der Waals surface area contributed by atoms with Gasteiger partial charge in [0.05, 0.1) is 25.9 Å². The lowest BCUT2D eigenvalue weighted by Crippen LogP contribution is -2.56. The Morgan fingerprint density at radius 1 is 1.27 bits per heavy atom. The zero-order valence-electron chi connectivity index (χ0n) is 15.7. The van der Waals surface area contributed by atoms with Gasteiger partial charge in [-0.3, -0.25) is 4.79 Å². The number of amides is 1. The van der Waals surface area contributed by atoms with Crippen molar-refractivity contribution < 1.29 is 23.8 Å². The molecule has 0 radical (unpaired) electrons. The summed E-state index contributed by atoms with van der Waals surface area (Å²) in [4.78, 5) is 26.5.